The van der Waals surface area contributed by atoms with Crippen molar-refractivity contribution in [3.05, 3.63) is 0 Å². The summed E-state index contributed by atoms with van der Waals surface area (Å²) in [5.74, 6) is 0. The fourth-order valence-electron chi connectivity index (χ4n) is 2.45. The molecule has 0 heterocycles. The number of hydrogen-bond acceptors (Lipinski definition) is 1. The Kier molecular flexibility index (Phi) is 3.12. The molecule has 1 aliphatic carbocycles. The van der Waals surface area contributed by atoms with Crippen LogP contribution in [0, 0.1) is 5.41 Å². The molecule has 2 nitrogen and oxygen atoms in total. The van der Waals surface area contributed by atoms with Crippen molar-refractivity contribution in [3.63, 3.8) is 0 Å². The van der Waals surface area contributed by atoms with Gasteiger partial charge in [-0.3, -0.25) is 4.79 Å². The van der Waals surface area contributed by atoms with Crippen LogP contribution in [0.15, 0.2) is 0 Å². The van der Waals surface area contributed by atoms with E-state index >= 15 is 0 Å². The van der Waals surface area contributed by atoms with E-state index in [1.807, 2.05) is 0 Å². The van der Waals surface area contributed by atoms with Crippen molar-refractivity contribution in [1.82, 2.24) is 5.32 Å². The van der Waals surface area contributed by atoms with Gasteiger partial charge in [0.05, 0.1) is 0 Å². The fraction of sp³-hybridized carbons (Fsp3) is 0.900. The predicted molar refractivity (Wildman–Crippen MR) is 49.9 cm³/mol. The fourth-order valence-corrected chi connectivity index (χ4v) is 2.45. The summed E-state index contributed by atoms with van der Waals surface area (Å²) in [5, 5.41) is 2.90. The number of nitrogens with one attached hydrogen (secondary N) is 1. The highest BCUT2D eigenvalue weighted by Gasteiger charge is 2.36. The van der Waals surface area contributed by atoms with Gasteiger partial charge in [-0.05, 0) is 31.6 Å². The zero-order valence-electron chi connectivity index (χ0n) is 8.10. The van der Waals surface area contributed by atoms with Gasteiger partial charge in [-0.1, -0.05) is 19.8 Å². The number of carbonyl (C=O) groups excluding carboxylic acids is 1. The lowest BCUT2D eigenvalue weighted by molar-refractivity contribution is -0.110. The third-order valence-electron chi connectivity index (χ3n) is 3.54. The second-order valence-electron chi connectivity index (χ2n) is 3.93. The molecule has 0 radical (unpaired) electrons. The van der Waals surface area contributed by atoms with E-state index in [9.17, 15) is 4.79 Å². The molecule has 1 aliphatic rings. The average Bonchev–Trinajstić information content (AvgIpc) is 2.54. The highest BCUT2D eigenvalue weighted by atomic mass is 16.1. The first-order valence-corrected chi connectivity index (χ1v) is 4.95. The molecule has 70 valence electrons. The Morgan fingerprint density at radius 1 is 1.50 bits per heavy atom. The van der Waals surface area contributed by atoms with Crippen molar-refractivity contribution in [2.24, 2.45) is 5.41 Å². The molecule has 2 heteroatoms. The molecule has 1 saturated carbocycles. The summed E-state index contributed by atoms with van der Waals surface area (Å²) in [6, 6.07) is 0.350. The lowest BCUT2D eigenvalue weighted by Gasteiger charge is -2.34. The highest BCUT2D eigenvalue weighted by molar-refractivity contribution is 5.46. The van der Waals surface area contributed by atoms with E-state index in [1.54, 1.807) is 0 Å². The molecule has 0 bridgehead atoms. The molecule has 1 amide bonds. The molecule has 0 aliphatic heterocycles. The van der Waals surface area contributed by atoms with Gasteiger partial charge in [0.25, 0.3) is 0 Å². The molecule has 1 fully saturated rings. The predicted octanol–water partition coefficient (Wildman–Crippen LogP) is 2.09. The van der Waals surface area contributed by atoms with E-state index in [4.69, 9.17) is 0 Å². The highest BCUT2D eigenvalue weighted by Crippen LogP contribution is 2.43. The van der Waals surface area contributed by atoms with Crippen molar-refractivity contribution >= 4 is 6.41 Å². The second kappa shape index (κ2) is 3.92. The van der Waals surface area contributed by atoms with E-state index in [-0.39, 0.29) is 0 Å². The van der Waals surface area contributed by atoms with E-state index in [1.165, 1.54) is 32.1 Å². The molecule has 1 atom stereocenters. The van der Waals surface area contributed by atoms with Crippen molar-refractivity contribution in [2.75, 3.05) is 0 Å². The lowest BCUT2D eigenvalue weighted by Crippen LogP contribution is -2.40. The van der Waals surface area contributed by atoms with Crippen LogP contribution in [0.25, 0.3) is 0 Å². The van der Waals surface area contributed by atoms with Gasteiger partial charge >= 0.3 is 0 Å². The van der Waals surface area contributed by atoms with Crippen molar-refractivity contribution in [3.8, 4) is 0 Å². The molecular weight excluding hydrogens is 150 g/mol. The molecule has 12 heavy (non-hydrogen) atoms. The molecule has 1 unspecified atom stereocenters. The lowest BCUT2D eigenvalue weighted by atomic mass is 9.77. The molecule has 0 saturated heterocycles. The minimum atomic E-state index is 0.350. The van der Waals surface area contributed by atoms with Gasteiger partial charge in [-0.2, -0.15) is 0 Å². The van der Waals surface area contributed by atoms with Gasteiger partial charge < -0.3 is 5.32 Å². The van der Waals surface area contributed by atoms with Crippen LogP contribution < -0.4 is 5.32 Å². The topological polar surface area (TPSA) is 29.1 Å². The summed E-state index contributed by atoms with van der Waals surface area (Å²) in [6.07, 6.45) is 7.25. The van der Waals surface area contributed by atoms with Gasteiger partial charge in [0, 0.05) is 6.04 Å². The molecule has 0 aromatic heterocycles. The molecule has 1 N–H and O–H groups in total. The second-order valence-corrected chi connectivity index (χ2v) is 3.93. The van der Waals surface area contributed by atoms with Crippen LogP contribution >= 0.6 is 0 Å². The first-order chi connectivity index (χ1) is 5.75. The Labute approximate surface area is 74.7 Å². The summed E-state index contributed by atoms with van der Waals surface area (Å²) >= 11 is 0. The van der Waals surface area contributed by atoms with E-state index in [0.717, 1.165) is 6.41 Å². The zero-order valence-corrected chi connectivity index (χ0v) is 8.10. The van der Waals surface area contributed by atoms with Crippen LogP contribution in [0.1, 0.15) is 46.0 Å². The Balaban J connectivity index is 2.58. The molecule has 1 rings (SSSR count). The van der Waals surface area contributed by atoms with Gasteiger partial charge in [0.2, 0.25) is 6.41 Å². The van der Waals surface area contributed by atoms with Crippen molar-refractivity contribution in [2.45, 2.75) is 52.0 Å². The Morgan fingerprint density at radius 3 is 2.50 bits per heavy atom. The largest absolute Gasteiger partial charge is 0.356 e. The van der Waals surface area contributed by atoms with Gasteiger partial charge in [0.1, 0.15) is 0 Å². The van der Waals surface area contributed by atoms with Crippen molar-refractivity contribution < 1.29 is 4.79 Å². The van der Waals surface area contributed by atoms with Crippen LogP contribution in [0.4, 0.5) is 0 Å². The standard InChI is InChI=1S/C10H19NO/c1-3-10(6-4-5-7-10)9(2)11-8-12/h8-9H,3-7H2,1-2H3,(H,11,12). The SMILES string of the molecule is CCC1(C(C)NC=O)CCCC1. The van der Waals surface area contributed by atoms with E-state index in [2.05, 4.69) is 19.2 Å². The van der Waals surface area contributed by atoms with Gasteiger partial charge in [-0.15, -0.1) is 0 Å². The maximum atomic E-state index is 10.3. The number of hydrogen-bond donors (Lipinski definition) is 1. The number of carbonyl (C=O) groups is 1. The first kappa shape index (κ1) is 9.56. The first-order valence-electron chi connectivity index (χ1n) is 4.95. The smallest absolute Gasteiger partial charge is 0.207 e. The molecular formula is C10H19NO. The van der Waals surface area contributed by atoms with E-state index < -0.39 is 0 Å². The normalized spacial score (nSPS) is 23.5. The molecule has 0 aromatic carbocycles. The number of rotatable bonds is 4. The Bertz CT molecular complexity index is 150. The molecule has 0 aromatic rings. The van der Waals surface area contributed by atoms with Gasteiger partial charge in [-0.25, -0.2) is 0 Å². The maximum Gasteiger partial charge on any atom is 0.207 e. The van der Waals surface area contributed by atoms with Gasteiger partial charge in [0.15, 0.2) is 0 Å². The molecule has 0 spiro atoms. The van der Waals surface area contributed by atoms with E-state index in [0.29, 0.717) is 11.5 Å². The average molecular weight is 169 g/mol. The number of amides is 1. The summed E-state index contributed by atoms with van der Waals surface area (Å²) < 4.78 is 0. The summed E-state index contributed by atoms with van der Waals surface area (Å²) in [7, 11) is 0. The van der Waals surface area contributed by atoms with Crippen LogP contribution in [0.3, 0.4) is 0 Å². The minimum Gasteiger partial charge on any atom is -0.356 e. The summed E-state index contributed by atoms with van der Waals surface area (Å²) in [4.78, 5) is 10.3. The van der Waals surface area contributed by atoms with Crippen LogP contribution in [-0.4, -0.2) is 12.5 Å². The monoisotopic (exact) mass is 169 g/mol. The quantitative estimate of drug-likeness (QED) is 0.641. The minimum absolute atomic E-state index is 0.350. The zero-order chi connectivity index (χ0) is 9.03. The Hall–Kier alpha value is -0.530. The summed E-state index contributed by atoms with van der Waals surface area (Å²) in [6.45, 7) is 4.36. The Morgan fingerprint density at radius 2 is 2.08 bits per heavy atom. The van der Waals surface area contributed by atoms with Crippen LogP contribution in [-0.2, 0) is 4.79 Å². The third-order valence-corrected chi connectivity index (χ3v) is 3.54. The third kappa shape index (κ3) is 1.62. The van der Waals surface area contributed by atoms with Crippen LogP contribution in [0.5, 0.6) is 0 Å². The van der Waals surface area contributed by atoms with Crippen molar-refractivity contribution in [1.29, 1.82) is 0 Å². The summed E-state index contributed by atoms with van der Waals surface area (Å²) in [5.41, 5.74) is 0.404. The van der Waals surface area contributed by atoms with Crippen LogP contribution in [0.2, 0.25) is 0 Å². The maximum absolute atomic E-state index is 10.3.